The number of nitrogens with zero attached hydrogens (tertiary/aromatic N) is 5. The van der Waals surface area contributed by atoms with E-state index in [0.29, 0.717) is 18.9 Å². The standard InChI is InChI=1S/C17H21N5O2S/c1-11-18-13-6-9-25-15(13)16(19-11)22-7-3-4-12(10-22)17-20-14(21-24-17)5-8-23-2/h6,9,12H,3-5,7-8,10H2,1-2H3. The van der Waals surface area contributed by atoms with Gasteiger partial charge in [0.05, 0.1) is 22.7 Å². The van der Waals surface area contributed by atoms with Gasteiger partial charge in [-0.2, -0.15) is 4.98 Å². The summed E-state index contributed by atoms with van der Waals surface area (Å²) in [5, 5.41) is 6.15. The van der Waals surface area contributed by atoms with Crippen molar-refractivity contribution in [3.8, 4) is 0 Å². The molecule has 0 aromatic carbocycles. The summed E-state index contributed by atoms with van der Waals surface area (Å²) >= 11 is 1.69. The number of hydrogen-bond acceptors (Lipinski definition) is 8. The lowest BCUT2D eigenvalue weighted by Gasteiger charge is -2.32. The van der Waals surface area contributed by atoms with E-state index < -0.39 is 0 Å². The van der Waals surface area contributed by atoms with Gasteiger partial charge in [0, 0.05) is 26.6 Å². The van der Waals surface area contributed by atoms with Crippen LogP contribution in [0.25, 0.3) is 10.2 Å². The van der Waals surface area contributed by atoms with Gasteiger partial charge in [-0.3, -0.25) is 0 Å². The van der Waals surface area contributed by atoms with Crippen molar-refractivity contribution >= 4 is 27.4 Å². The summed E-state index contributed by atoms with van der Waals surface area (Å²) in [5.74, 6) is 3.52. The number of aromatic nitrogens is 4. The molecule has 4 rings (SSSR count). The topological polar surface area (TPSA) is 77.2 Å². The van der Waals surface area contributed by atoms with E-state index in [1.54, 1.807) is 18.4 Å². The van der Waals surface area contributed by atoms with E-state index >= 15 is 0 Å². The molecule has 3 aromatic heterocycles. The number of ether oxygens (including phenoxy) is 1. The maximum absolute atomic E-state index is 5.51. The molecule has 0 spiro atoms. The van der Waals surface area contributed by atoms with Crippen molar-refractivity contribution in [3.63, 3.8) is 0 Å². The third kappa shape index (κ3) is 3.36. The molecule has 132 valence electrons. The van der Waals surface area contributed by atoms with Gasteiger partial charge in [-0.05, 0) is 31.2 Å². The maximum atomic E-state index is 5.51. The highest BCUT2D eigenvalue weighted by atomic mass is 32.1. The molecule has 25 heavy (non-hydrogen) atoms. The monoisotopic (exact) mass is 359 g/mol. The van der Waals surface area contributed by atoms with E-state index in [1.807, 2.05) is 6.92 Å². The fraction of sp³-hybridized carbons (Fsp3) is 0.529. The van der Waals surface area contributed by atoms with Gasteiger partial charge in [-0.15, -0.1) is 11.3 Å². The lowest BCUT2D eigenvalue weighted by atomic mass is 9.98. The van der Waals surface area contributed by atoms with E-state index in [9.17, 15) is 0 Å². The van der Waals surface area contributed by atoms with E-state index in [4.69, 9.17) is 14.2 Å². The molecular weight excluding hydrogens is 338 g/mol. The second-order valence-corrected chi connectivity index (χ2v) is 7.22. The molecule has 7 nitrogen and oxygen atoms in total. The molecule has 4 heterocycles. The molecule has 1 aliphatic heterocycles. The summed E-state index contributed by atoms with van der Waals surface area (Å²) in [6, 6.07) is 2.06. The lowest BCUT2D eigenvalue weighted by Crippen LogP contribution is -2.35. The van der Waals surface area contributed by atoms with Gasteiger partial charge in [0.2, 0.25) is 5.89 Å². The van der Waals surface area contributed by atoms with Crippen LogP contribution in [0.2, 0.25) is 0 Å². The van der Waals surface area contributed by atoms with Crippen LogP contribution in [0.1, 0.15) is 36.3 Å². The Morgan fingerprint density at radius 2 is 2.28 bits per heavy atom. The molecule has 0 aliphatic carbocycles. The molecule has 0 saturated carbocycles. The van der Waals surface area contributed by atoms with E-state index in [2.05, 4.69) is 31.5 Å². The zero-order chi connectivity index (χ0) is 17.2. The first-order valence-corrected chi connectivity index (χ1v) is 9.41. The summed E-state index contributed by atoms with van der Waals surface area (Å²) in [7, 11) is 1.68. The highest BCUT2D eigenvalue weighted by molar-refractivity contribution is 7.17. The van der Waals surface area contributed by atoms with Crippen LogP contribution in [0.4, 0.5) is 5.82 Å². The van der Waals surface area contributed by atoms with E-state index in [1.165, 1.54) is 0 Å². The van der Waals surface area contributed by atoms with Gasteiger partial charge in [0.15, 0.2) is 5.82 Å². The third-order valence-corrected chi connectivity index (χ3v) is 5.38. The first-order chi connectivity index (χ1) is 12.2. The molecule has 8 heteroatoms. The number of methoxy groups -OCH3 is 1. The second-order valence-electron chi connectivity index (χ2n) is 6.31. The number of rotatable bonds is 5. The summed E-state index contributed by atoms with van der Waals surface area (Å²) in [6.07, 6.45) is 2.81. The molecule has 1 fully saturated rings. The zero-order valence-electron chi connectivity index (χ0n) is 14.4. The predicted molar refractivity (Wildman–Crippen MR) is 96.2 cm³/mol. The number of hydrogen-bond donors (Lipinski definition) is 0. The number of piperidine rings is 1. The minimum absolute atomic E-state index is 0.239. The fourth-order valence-electron chi connectivity index (χ4n) is 3.27. The highest BCUT2D eigenvalue weighted by Crippen LogP contribution is 2.34. The highest BCUT2D eigenvalue weighted by Gasteiger charge is 2.28. The van der Waals surface area contributed by atoms with Gasteiger partial charge >= 0.3 is 0 Å². The van der Waals surface area contributed by atoms with Crippen LogP contribution in [0.3, 0.4) is 0 Å². The lowest BCUT2D eigenvalue weighted by molar-refractivity contribution is 0.199. The van der Waals surface area contributed by atoms with E-state index in [0.717, 1.165) is 53.7 Å². The Morgan fingerprint density at radius 1 is 1.36 bits per heavy atom. The van der Waals surface area contributed by atoms with Crippen LogP contribution in [0.5, 0.6) is 0 Å². The van der Waals surface area contributed by atoms with Crippen molar-refractivity contribution in [1.82, 2.24) is 20.1 Å². The molecule has 0 N–H and O–H groups in total. The van der Waals surface area contributed by atoms with Crippen LogP contribution in [0, 0.1) is 6.92 Å². The van der Waals surface area contributed by atoms with Crippen LogP contribution in [0.15, 0.2) is 16.0 Å². The Balaban J connectivity index is 1.56. The average Bonchev–Trinajstić information content (AvgIpc) is 3.28. The Hall–Kier alpha value is -2.06. The predicted octanol–water partition coefficient (Wildman–Crippen LogP) is 2.96. The van der Waals surface area contributed by atoms with Gasteiger partial charge < -0.3 is 14.2 Å². The number of anilines is 1. The first-order valence-electron chi connectivity index (χ1n) is 8.53. The molecule has 1 atom stereocenters. The molecule has 1 saturated heterocycles. The van der Waals surface area contributed by atoms with Gasteiger partial charge in [-0.25, -0.2) is 9.97 Å². The Labute approximate surface area is 150 Å². The van der Waals surface area contributed by atoms with Crippen LogP contribution < -0.4 is 4.90 Å². The quantitative estimate of drug-likeness (QED) is 0.693. The van der Waals surface area contributed by atoms with Crippen molar-refractivity contribution in [1.29, 1.82) is 0 Å². The van der Waals surface area contributed by atoms with Crippen molar-refractivity contribution < 1.29 is 9.26 Å². The number of fused-ring (bicyclic) bond motifs is 1. The van der Waals surface area contributed by atoms with Crippen LogP contribution in [-0.2, 0) is 11.2 Å². The molecule has 0 radical (unpaired) electrons. The van der Waals surface area contributed by atoms with Crippen molar-refractivity contribution in [2.75, 3.05) is 31.7 Å². The normalized spacial score (nSPS) is 18.2. The van der Waals surface area contributed by atoms with Gasteiger partial charge in [0.25, 0.3) is 0 Å². The zero-order valence-corrected chi connectivity index (χ0v) is 15.3. The van der Waals surface area contributed by atoms with Gasteiger partial charge in [0.1, 0.15) is 11.6 Å². The van der Waals surface area contributed by atoms with Crippen LogP contribution in [-0.4, -0.2) is 46.9 Å². The minimum atomic E-state index is 0.239. The number of aryl methyl sites for hydroxylation is 1. The number of thiophene rings is 1. The summed E-state index contributed by atoms with van der Waals surface area (Å²) in [4.78, 5) is 16.1. The largest absolute Gasteiger partial charge is 0.384 e. The SMILES string of the molecule is COCCc1noc(C2CCCN(c3nc(C)nc4ccsc34)C2)n1. The molecule has 1 aliphatic rings. The van der Waals surface area contributed by atoms with Gasteiger partial charge in [-0.1, -0.05) is 5.16 Å². The Morgan fingerprint density at radius 3 is 3.16 bits per heavy atom. The molecule has 3 aromatic rings. The molecule has 0 amide bonds. The second kappa shape index (κ2) is 7.05. The molecular formula is C17H21N5O2S. The summed E-state index contributed by atoms with van der Waals surface area (Å²) in [5.41, 5.74) is 1.02. The molecule has 0 bridgehead atoms. The average molecular weight is 359 g/mol. The van der Waals surface area contributed by atoms with Crippen molar-refractivity contribution in [2.24, 2.45) is 0 Å². The Kier molecular flexibility index (Phi) is 4.63. The smallest absolute Gasteiger partial charge is 0.231 e. The minimum Gasteiger partial charge on any atom is -0.384 e. The first kappa shape index (κ1) is 16.4. The molecule has 1 unspecified atom stereocenters. The van der Waals surface area contributed by atoms with Crippen LogP contribution >= 0.6 is 11.3 Å². The maximum Gasteiger partial charge on any atom is 0.231 e. The Bertz CT molecular complexity index is 862. The van der Waals surface area contributed by atoms with Crippen molar-refractivity contribution in [3.05, 3.63) is 29.0 Å². The summed E-state index contributed by atoms with van der Waals surface area (Å²) in [6.45, 7) is 4.38. The third-order valence-electron chi connectivity index (χ3n) is 4.48. The van der Waals surface area contributed by atoms with E-state index in [-0.39, 0.29) is 5.92 Å². The fourth-order valence-corrected chi connectivity index (χ4v) is 4.12. The van der Waals surface area contributed by atoms with Crippen molar-refractivity contribution in [2.45, 2.75) is 32.1 Å². The summed E-state index contributed by atoms with van der Waals surface area (Å²) < 4.78 is 11.7.